The van der Waals surface area contributed by atoms with E-state index in [1.807, 2.05) is 6.07 Å². The average molecular weight is 182 g/mol. The molecular formula is C8H8ClN3. The molecule has 0 bridgehead atoms. The minimum atomic E-state index is 0. The zero-order chi connectivity index (χ0) is 7.68. The van der Waals surface area contributed by atoms with Crippen molar-refractivity contribution in [3.8, 4) is 6.07 Å². The van der Waals surface area contributed by atoms with Crippen LogP contribution in [0.5, 0.6) is 0 Å². The monoisotopic (exact) mass is 181 g/mol. The van der Waals surface area contributed by atoms with Crippen LogP contribution in [0.4, 0.5) is 0 Å². The summed E-state index contributed by atoms with van der Waals surface area (Å²) in [6.45, 7) is 1.68. The van der Waals surface area contributed by atoms with Crippen molar-refractivity contribution in [3.05, 3.63) is 29.1 Å². The normalized spacial score (nSPS) is 12.9. The molecule has 1 aliphatic heterocycles. The molecule has 3 nitrogen and oxygen atoms in total. The molecule has 1 aromatic rings. The summed E-state index contributed by atoms with van der Waals surface area (Å²) in [4.78, 5) is 4.15. The Labute approximate surface area is 76.8 Å². The fraction of sp³-hybridized carbons (Fsp3) is 0.250. The molecule has 1 aliphatic rings. The molecule has 62 valence electrons. The highest BCUT2D eigenvalue weighted by molar-refractivity contribution is 5.85. The maximum Gasteiger partial charge on any atom is 0.101 e. The number of rotatable bonds is 0. The number of nitrogens with zero attached hydrogens (tertiary/aromatic N) is 2. The minimum absolute atomic E-state index is 0. The quantitative estimate of drug-likeness (QED) is 0.649. The molecule has 0 unspecified atom stereocenters. The number of hydrogen-bond donors (Lipinski definition) is 1. The van der Waals surface area contributed by atoms with Crippen LogP contribution < -0.4 is 5.32 Å². The van der Waals surface area contributed by atoms with Crippen LogP contribution in [0.3, 0.4) is 0 Å². The number of nitriles is 1. The molecule has 0 radical (unpaired) electrons. The van der Waals surface area contributed by atoms with E-state index in [-0.39, 0.29) is 12.4 Å². The Morgan fingerprint density at radius 3 is 3.08 bits per heavy atom. The second-order valence-corrected chi connectivity index (χ2v) is 2.55. The molecule has 4 heteroatoms. The van der Waals surface area contributed by atoms with E-state index in [0.29, 0.717) is 5.56 Å². The van der Waals surface area contributed by atoms with Crippen LogP contribution in [0.15, 0.2) is 12.3 Å². The predicted molar refractivity (Wildman–Crippen MR) is 46.7 cm³/mol. The Morgan fingerprint density at radius 1 is 1.50 bits per heavy atom. The van der Waals surface area contributed by atoms with E-state index in [1.165, 1.54) is 0 Å². The maximum atomic E-state index is 8.56. The SMILES string of the molecule is Cl.N#Cc1cnc2c(c1)CNC2. The molecule has 2 rings (SSSR count). The highest BCUT2D eigenvalue weighted by Gasteiger charge is 2.10. The van der Waals surface area contributed by atoms with Crippen molar-refractivity contribution in [2.24, 2.45) is 0 Å². The largest absolute Gasteiger partial charge is 0.307 e. The Morgan fingerprint density at radius 2 is 2.33 bits per heavy atom. The van der Waals surface area contributed by atoms with E-state index >= 15 is 0 Å². The van der Waals surface area contributed by atoms with Crippen LogP contribution >= 0.6 is 12.4 Å². The van der Waals surface area contributed by atoms with E-state index in [1.54, 1.807) is 6.20 Å². The number of fused-ring (bicyclic) bond motifs is 1. The van der Waals surface area contributed by atoms with Gasteiger partial charge in [0.15, 0.2) is 0 Å². The summed E-state index contributed by atoms with van der Waals surface area (Å²) in [6, 6.07) is 3.96. The van der Waals surface area contributed by atoms with Gasteiger partial charge in [0.2, 0.25) is 0 Å². The Hall–Kier alpha value is -1.11. The lowest BCUT2D eigenvalue weighted by Gasteiger charge is -1.94. The third-order valence-electron chi connectivity index (χ3n) is 1.80. The highest BCUT2D eigenvalue weighted by Crippen LogP contribution is 2.12. The summed E-state index contributed by atoms with van der Waals surface area (Å²) in [5.74, 6) is 0. The second-order valence-electron chi connectivity index (χ2n) is 2.55. The van der Waals surface area contributed by atoms with Crippen LogP contribution in [0.1, 0.15) is 16.8 Å². The van der Waals surface area contributed by atoms with Gasteiger partial charge in [0, 0.05) is 19.3 Å². The number of hydrogen-bond acceptors (Lipinski definition) is 3. The first-order valence-electron chi connectivity index (χ1n) is 3.49. The van der Waals surface area contributed by atoms with Crippen molar-refractivity contribution >= 4 is 12.4 Å². The predicted octanol–water partition coefficient (Wildman–Crippen LogP) is 0.978. The first kappa shape index (κ1) is 8.98. The molecule has 1 N–H and O–H groups in total. The van der Waals surface area contributed by atoms with Crippen molar-refractivity contribution in [2.75, 3.05) is 0 Å². The molecule has 0 saturated heterocycles. The Bertz CT molecular complexity index is 330. The number of nitrogens with one attached hydrogen (secondary N) is 1. The smallest absolute Gasteiger partial charge is 0.101 e. The summed E-state index contributed by atoms with van der Waals surface area (Å²) in [6.07, 6.45) is 1.62. The Kier molecular flexibility index (Phi) is 2.64. The van der Waals surface area contributed by atoms with Gasteiger partial charge in [-0.2, -0.15) is 5.26 Å². The first-order valence-corrected chi connectivity index (χ1v) is 3.49. The van der Waals surface area contributed by atoms with E-state index in [4.69, 9.17) is 5.26 Å². The van der Waals surface area contributed by atoms with Gasteiger partial charge in [0.1, 0.15) is 6.07 Å². The van der Waals surface area contributed by atoms with Gasteiger partial charge in [-0.1, -0.05) is 0 Å². The van der Waals surface area contributed by atoms with Gasteiger partial charge in [0.25, 0.3) is 0 Å². The molecular weight excluding hydrogens is 174 g/mol. The van der Waals surface area contributed by atoms with Crippen molar-refractivity contribution in [3.63, 3.8) is 0 Å². The van der Waals surface area contributed by atoms with Crippen molar-refractivity contribution < 1.29 is 0 Å². The van der Waals surface area contributed by atoms with Crippen LogP contribution in [0.2, 0.25) is 0 Å². The minimum Gasteiger partial charge on any atom is -0.307 e. The van der Waals surface area contributed by atoms with Gasteiger partial charge in [-0.15, -0.1) is 12.4 Å². The number of pyridine rings is 1. The molecule has 0 fully saturated rings. The van der Waals surface area contributed by atoms with Gasteiger partial charge in [-0.3, -0.25) is 4.98 Å². The van der Waals surface area contributed by atoms with Gasteiger partial charge >= 0.3 is 0 Å². The van der Waals surface area contributed by atoms with Crippen molar-refractivity contribution in [2.45, 2.75) is 13.1 Å². The summed E-state index contributed by atoms with van der Waals surface area (Å²) in [5, 5.41) is 11.7. The molecule has 0 atom stereocenters. The average Bonchev–Trinajstić information content (AvgIpc) is 2.50. The highest BCUT2D eigenvalue weighted by atomic mass is 35.5. The zero-order valence-corrected chi connectivity index (χ0v) is 7.19. The van der Waals surface area contributed by atoms with E-state index in [9.17, 15) is 0 Å². The standard InChI is InChI=1S/C8H7N3.ClH/c9-2-6-1-7-4-10-5-8(7)11-3-6;/h1,3,10H,4-5H2;1H. The van der Waals surface area contributed by atoms with Crippen molar-refractivity contribution in [1.82, 2.24) is 10.3 Å². The summed E-state index contributed by atoms with van der Waals surface area (Å²) in [5.41, 5.74) is 2.88. The number of halogens is 1. The van der Waals surface area contributed by atoms with Gasteiger partial charge < -0.3 is 5.32 Å². The first-order chi connectivity index (χ1) is 5.40. The van der Waals surface area contributed by atoms with E-state index in [0.717, 1.165) is 24.3 Å². The van der Waals surface area contributed by atoms with Gasteiger partial charge in [-0.05, 0) is 11.6 Å². The van der Waals surface area contributed by atoms with Crippen LogP contribution in [-0.2, 0) is 13.1 Å². The van der Waals surface area contributed by atoms with E-state index < -0.39 is 0 Å². The van der Waals surface area contributed by atoms with Crippen molar-refractivity contribution in [1.29, 1.82) is 5.26 Å². The Balaban J connectivity index is 0.000000720. The van der Waals surface area contributed by atoms with Crippen LogP contribution in [0, 0.1) is 11.3 Å². The molecule has 1 aromatic heterocycles. The summed E-state index contributed by atoms with van der Waals surface area (Å²) < 4.78 is 0. The topological polar surface area (TPSA) is 48.7 Å². The molecule has 0 amide bonds. The molecule has 0 saturated carbocycles. The van der Waals surface area contributed by atoms with Gasteiger partial charge in [-0.25, -0.2) is 0 Å². The molecule has 0 spiro atoms. The molecule has 12 heavy (non-hydrogen) atoms. The molecule has 2 heterocycles. The third-order valence-corrected chi connectivity index (χ3v) is 1.80. The lowest BCUT2D eigenvalue weighted by molar-refractivity contribution is 0.757. The summed E-state index contributed by atoms with van der Waals surface area (Å²) >= 11 is 0. The molecule has 0 aliphatic carbocycles. The lowest BCUT2D eigenvalue weighted by Crippen LogP contribution is -2.00. The summed E-state index contributed by atoms with van der Waals surface area (Å²) in [7, 11) is 0. The maximum absolute atomic E-state index is 8.56. The lowest BCUT2D eigenvalue weighted by atomic mass is 10.2. The fourth-order valence-electron chi connectivity index (χ4n) is 1.23. The zero-order valence-electron chi connectivity index (χ0n) is 6.37. The van der Waals surface area contributed by atoms with Gasteiger partial charge in [0.05, 0.1) is 11.3 Å². The molecule has 0 aromatic carbocycles. The third kappa shape index (κ3) is 1.40. The number of aromatic nitrogens is 1. The second kappa shape index (κ2) is 3.53. The van der Waals surface area contributed by atoms with E-state index in [2.05, 4.69) is 16.4 Å². The van der Waals surface area contributed by atoms with Crippen LogP contribution in [-0.4, -0.2) is 4.98 Å². The van der Waals surface area contributed by atoms with Crippen LogP contribution in [0.25, 0.3) is 0 Å². The fourth-order valence-corrected chi connectivity index (χ4v) is 1.23.